The third-order valence-electron chi connectivity index (χ3n) is 3.33. The summed E-state index contributed by atoms with van der Waals surface area (Å²) in [4.78, 5) is 26.4. The van der Waals surface area contributed by atoms with Gasteiger partial charge in [-0.15, -0.1) is 0 Å². The first-order valence-electron chi connectivity index (χ1n) is 6.28. The molecule has 0 saturated carbocycles. The number of carboxylic acid groups (broad SMARTS) is 1. The van der Waals surface area contributed by atoms with Crippen LogP contribution in [-0.4, -0.2) is 16.1 Å². The van der Waals surface area contributed by atoms with Gasteiger partial charge >= 0.3 is 5.97 Å². The summed E-state index contributed by atoms with van der Waals surface area (Å²) in [5, 5.41) is 9.44. The van der Waals surface area contributed by atoms with Gasteiger partial charge in [0, 0.05) is 16.6 Å². The van der Waals surface area contributed by atoms with Crippen molar-refractivity contribution in [3.8, 4) is 0 Å². The highest BCUT2D eigenvalue weighted by Crippen LogP contribution is 2.23. The molecular formula is C15H17NO3. The first-order chi connectivity index (χ1) is 8.91. The molecule has 19 heavy (non-hydrogen) atoms. The Balaban J connectivity index is 2.80. The molecule has 2 rings (SSSR count). The lowest BCUT2D eigenvalue weighted by molar-refractivity contribution is -0.136. The predicted molar refractivity (Wildman–Crippen MR) is 74.7 cm³/mol. The molecule has 0 saturated heterocycles. The maximum absolute atomic E-state index is 12.4. The highest BCUT2D eigenvalue weighted by Gasteiger charge is 2.14. The first kappa shape index (κ1) is 13.3. The van der Waals surface area contributed by atoms with E-state index in [4.69, 9.17) is 5.11 Å². The number of hydrogen-bond acceptors (Lipinski definition) is 2. The first-order valence-corrected chi connectivity index (χ1v) is 6.28. The Labute approximate surface area is 111 Å². The minimum atomic E-state index is -0.993. The lowest BCUT2D eigenvalue weighted by Gasteiger charge is -2.12. The number of aromatic nitrogens is 1. The minimum absolute atomic E-state index is 0.184. The van der Waals surface area contributed by atoms with Gasteiger partial charge in [0.25, 0.3) is 0 Å². The van der Waals surface area contributed by atoms with Crippen molar-refractivity contribution >= 4 is 16.9 Å². The molecule has 0 atom stereocenters. The van der Waals surface area contributed by atoms with E-state index in [2.05, 4.69) is 18.8 Å². The van der Waals surface area contributed by atoms with Crippen molar-refractivity contribution in [2.24, 2.45) is 0 Å². The quantitative estimate of drug-likeness (QED) is 0.890. The maximum Gasteiger partial charge on any atom is 0.308 e. The normalized spacial score (nSPS) is 11.2. The summed E-state index contributed by atoms with van der Waals surface area (Å²) in [7, 11) is 0. The molecule has 0 bridgehead atoms. The van der Waals surface area contributed by atoms with Crippen molar-refractivity contribution in [1.29, 1.82) is 0 Å². The van der Waals surface area contributed by atoms with E-state index in [9.17, 15) is 9.59 Å². The Morgan fingerprint density at radius 3 is 2.63 bits per heavy atom. The number of aryl methyl sites for hydroxylation is 1. The van der Waals surface area contributed by atoms with Crippen LogP contribution < -0.4 is 5.43 Å². The maximum atomic E-state index is 12.4. The smallest absolute Gasteiger partial charge is 0.308 e. The Kier molecular flexibility index (Phi) is 3.42. The summed E-state index contributed by atoms with van der Waals surface area (Å²) < 4.78 is 0. The number of hydrogen-bond donors (Lipinski definition) is 2. The van der Waals surface area contributed by atoms with E-state index < -0.39 is 5.97 Å². The zero-order chi connectivity index (χ0) is 14.2. The Morgan fingerprint density at radius 1 is 1.37 bits per heavy atom. The fourth-order valence-electron chi connectivity index (χ4n) is 2.34. The minimum Gasteiger partial charge on any atom is -0.481 e. The number of para-hydroxylation sites is 1. The molecule has 0 aliphatic heterocycles. The van der Waals surface area contributed by atoms with Gasteiger partial charge in [0.05, 0.1) is 11.9 Å². The zero-order valence-corrected chi connectivity index (χ0v) is 11.3. The molecule has 100 valence electrons. The number of aliphatic carboxylic acids is 1. The summed E-state index contributed by atoms with van der Waals surface area (Å²) in [6.07, 6.45) is -0.247. The lowest BCUT2D eigenvalue weighted by Crippen LogP contribution is -2.17. The van der Waals surface area contributed by atoms with Gasteiger partial charge in [-0.2, -0.15) is 0 Å². The summed E-state index contributed by atoms with van der Waals surface area (Å²) in [5.41, 5.74) is 2.67. The van der Waals surface area contributed by atoms with E-state index in [0.29, 0.717) is 22.6 Å². The Hall–Kier alpha value is -2.10. The molecule has 0 aliphatic rings. The molecular weight excluding hydrogens is 242 g/mol. The van der Waals surface area contributed by atoms with E-state index in [1.54, 1.807) is 13.0 Å². The van der Waals surface area contributed by atoms with Crippen molar-refractivity contribution < 1.29 is 9.90 Å². The second-order valence-electron chi connectivity index (χ2n) is 5.05. The van der Waals surface area contributed by atoms with Gasteiger partial charge in [-0.3, -0.25) is 9.59 Å². The summed E-state index contributed by atoms with van der Waals surface area (Å²) >= 11 is 0. The van der Waals surface area contributed by atoms with Gasteiger partial charge in [0.15, 0.2) is 5.43 Å². The number of pyridine rings is 1. The molecule has 0 unspecified atom stereocenters. The fraction of sp³-hybridized carbons (Fsp3) is 0.333. The topological polar surface area (TPSA) is 70.2 Å². The number of benzene rings is 1. The van der Waals surface area contributed by atoms with Crippen molar-refractivity contribution in [1.82, 2.24) is 4.98 Å². The molecule has 2 aromatic rings. The molecule has 0 amide bonds. The number of fused-ring (bicyclic) bond motifs is 1. The van der Waals surface area contributed by atoms with Crippen molar-refractivity contribution in [2.45, 2.75) is 33.1 Å². The van der Waals surface area contributed by atoms with Crippen LogP contribution in [0.2, 0.25) is 0 Å². The van der Waals surface area contributed by atoms with Gasteiger partial charge in [-0.1, -0.05) is 26.0 Å². The third-order valence-corrected chi connectivity index (χ3v) is 3.33. The molecule has 1 aromatic heterocycles. The SMILES string of the molecule is Cc1[nH]c2c(C(C)C)cccc2c(=O)c1CC(=O)O. The van der Waals surface area contributed by atoms with Crippen molar-refractivity contribution in [2.75, 3.05) is 0 Å². The zero-order valence-electron chi connectivity index (χ0n) is 11.3. The highest BCUT2D eigenvalue weighted by atomic mass is 16.4. The number of rotatable bonds is 3. The van der Waals surface area contributed by atoms with Gasteiger partial charge < -0.3 is 10.1 Å². The highest BCUT2D eigenvalue weighted by molar-refractivity contribution is 5.84. The second kappa shape index (κ2) is 4.88. The molecule has 2 N–H and O–H groups in total. The fourth-order valence-corrected chi connectivity index (χ4v) is 2.34. The number of nitrogens with one attached hydrogen (secondary N) is 1. The van der Waals surface area contributed by atoms with Crippen molar-refractivity contribution in [3.05, 3.63) is 45.2 Å². The van der Waals surface area contributed by atoms with Crippen LogP contribution in [0.4, 0.5) is 0 Å². The van der Waals surface area contributed by atoms with Crippen LogP contribution in [0.25, 0.3) is 10.9 Å². The summed E-state index contributed by atoms with van der Waals surface area (Å²) in [5.74, 6) is -0.697. The van der Waals surface area contributed by atoms with E-state index in [1.165, 1.54) is 0 Å². The van der Waals surface area contributed by atoms with Gasteiger partial charge in [0.1, 0.15) is 0 Å². The molecule has 1 aromatic carbocycles. The molecule has 1 heterocycles. The van der Waals surface area contributed by atoms with Crippen molar-refractivity contribution in [3.63, 3.8) is 0 Å². The summed E-state index contributed by atoms with van der Waals surface area (Å²) in [6, 6.07) is 5.57. The molecule has 0 spiro atoms. The number of carbonyl (C=O) groups is 1. The average molecular weight is 259 g/mol. The van der Waals surface area contributed by atoms with Crippen LogP contribution in [0.15, 0.2) is 23.0 Å². The van der Waals surface area contributed by atoms with Gasteiger partial charge in [-0.05, 0) is 24.5 Å². The van der Waals surface area contributed by atoms with Crippen LogP contribution in [0.1, 0.15) is 36.6 Å². The predicted octanol–water partition coefficient (Wildman–Crippen LogP) is 2.59. The number of H-pyrrole nitrogens is 1. The Morgan fingerprint density at radius 2 is 2.05 bits per heavy atom. The summed E-state index contributed by atoms with van der Waals surface area (Å²) in [6.45, 7) is 5.87. The number of carboxylic acids is 1. The van der Waals surface area contributed by atoms with Crippen LogP contribution in [-0.2, 0) is 11.2 Å². The third kappa shape index (κ3) is 2.38. The molecule has 0 aliphatic carbocycles. The molecule has 4 heteroatoms. The van der Waals surface area contributed by atoms with Gasteiger partial charge in [0.2, 0.25) is 0 Å². The van der Waals surface area contributed by atoms with Crippen LogP contribution in [0.5, 0.6) is 0 Å². The van der Waals surface area contributed by atoms with E-state index in [1.807, 2.05) is 12.1 Å². The van der Waals surface area contributed by atoms with Crippen LogP contribution >= 0.6 is 0 Å². The monoisotopic (exact) mass is 259 g/mol. The van der Waals surface area contributed by atoms with E-state index >= 15 is 0 Å². The molecule has 0 radical (unpaired) electrons. The molecule has 4 nitrogen and oxygen atoms in total. The number of aromatic amines is 1. The van der Waals surface area contributed by atoms with E-state index in [0.717, 1.165) is 11.1 Å². The van der Waals surface area contributed by atoms with Crippen LogP contribution in [0, 0.1) is 6.92 Å². The largest absolute Gasteiger partial charge is 0.481 e. The standard InChI is InChI=1S/C15H17NO3/c1-8(2)10-5-4-6-11-14(10)16-9(3)12(15(11)19)7-13(17)18/h4-6,8H,7H2,1-3H3,(H,16,19)(H,17,18). The lowest BCUT2D eigenvalue weighted by atomic mass is 9.97. The van der Waals surface area contributed by atoms with E-state index in [-0.39, 0.29) is 11.8 Å². The second-order valence-corrected chi connectivity index (χ2v) is 5.05. The average Bonchev–Trinajstić information content (AvgIpc) is 2.33. The Bertz CT molecular complexity index is 698. The molecule has 0 fully saturated rings. The van der Waals surface area contributed by atoms with Gasteiger partial charge in [-0.25, -0.2) is 0 Å². The van der Waals surface area contributed by atoms with Crippen LogP contribution in [0.3, 0.4) is 0 Å².